The van der Waals surface area contributed by atoms with Crippen molar-refractivity contribution in [3.63, 3.8) is 0 Å². The average molecular weight is 329 g/mol. The molecule has 0 amide bonds. The Labute approximate surface area is 146 Å². The number of guanidine groups is 1. The fourth-order valence-electron chi connectivity index (χ4n) is 3.75. The summed E-state index contributed by atoms with van der Waals surface area (Å²) in [6.07, 6.45) is 5.56. The molecule has 1 heterocycles. The molecule has 0 unspecified atom stereocenters. The zero-order chi connectivity index (χ0) is 16.8. The van der Waals surface area contributed by atoms with Gasteiger partial charge in [-0.25, -0.2) is 4.99 Å². The smallest absolute Gasteiger partial charge is 0.194 e. The summed E-state index contributed by atoms with van der Waals surface area (Å²) < 4.78 is 5.45. The minimum absolute atomic E-state index is 0.608. The van der Waals surface area contributed by atoms with Gasteiger partial charge in [0.25, 0.3) is 0 Å². The van der Waals surface area contributed by atoms with Gasteiger partial charge in [-0.1, -0.05) is 30.7 Å². The van der Waals surface area contributed by atoms with Crippen molar-refractivity contribution in [2.24, 2.45) is 10.4 Å². The first kappa shape index (κ1) is 17.3. The van der Waals surface area contributed by atoms with Crippen molar-refractivity contribution in [2.75, 3.05) is 26.2 Å². The van der Waals surface area contributed by atoms with Gasteiger partial charge in [0.1, 0.15) is 0 Å². The highest BCUT2D eigenvalue weighted by atomic mass is 16.5. The van der Waals surface area contributed by atoms with Crippen molar-refractivity contribution < 1.29 is 4.74 Å². The van der Waals surface area contributed by atoms with E-state index < -0.39 is 0 Å². The van der Waals surface area contributed by atoms with Crippen LogP contribution in [0.3, 0.4) is 0 Å². The molecule has 0 radical (unpaired) electrons. The third-order valence-electron chi connectivity index (χ3n) is 5.39. The van der Waals surface area contributed by atoms with Gasteiger partial charge in [0.05, 0.1) is 13.2 Å². The molecule has 1 aromatic carbocycles. The molecule has 1 aromatic rings. The third kappa shape index (κ3) is 4.10. The Balaban J connectivity index is 1.59. The fraction of sp³-hybridized carbons (Fsp3) is 0.650. The van der Waals surface area contributed by atoms with Crippen molar-refractivity contribution in [3.05, 3.63) is 35.4 Å². The first-order valence-corrected chi connectivity index (χ1v) is 9.43. The molecular weight excluding hydrogens is 298 g/mol. The van der Waals surface area contributed by atoms with Crippen molar-refractivity contribution >= 4 is 5.96 Å². The number of likely N-dealkylation sites (tertiary alicyclic amines) is 1. The van der Waals surface area contributed by atoms with E-state index in [4.69, 9.17) is 9.73 Å². The van der Waals surface area contributed by atoms with Crippen LogP contribution in [0.1, 0.15) is 50.7 Å². The van der Waals surface area contributed by atoms with E-state index in [0.717, 1.165) is 32.2 Å². The van der Waals surface area contributed by atoms with E-state index in [1.54, 1.807) is 0 Å². The van der Waals surface area contributed by atoms with Crippen LogP contribution in [0.15, 0.2) is 29.3 Å². The SMILES string of the molecule is CCNC(=NCc1ccc(COCC)cc1)N1CCC2(CCC2)C1. The van der Waals surface area contributed by atoms with Crippen LogP contribution in [0.4, 0.5) is 0 Å². The van der Waals surface area contributed by atoms with Crippen LogP contribution in [-0.4, -0.2) is 37.1 Å². The van der Waals surface area contributed by atoms with Crippen LogP contribution in [0.5, 0.6) is 0 Å². The third-order valence-corrected chi connectivity index (χ3v) is 5.39. The van der Waals surface area contributed by atoms with Gasteiger partial charge >= 0.3 is 0 Å². The lowest BCUT2D eigenvalue weighted by molar-refractivity contribution is 0.134. The minimum Gasteiger partial charge on any atom is -0.377 e. The van der Waals surface area contributed by atoms with Crippen LogP contribution in [0, 0.1) is 5.41 Å². The second-order valence-electron chi connectivity index (χ2n) is 7.15. The quantitative estimate of drug-likeness (QED) is 0.640. The first-order chi connectivity index (χ1) is 11.7. The molecule has 0 atom stereocenters. The molecule has 2 aliphatic rings. The van der Waals surface area contributed by atoms with E-state index in [1.165, 1.54) is 43.4 Å². The van der Waals surface area contributed by atoms with Crippen molar-refractivity contribution in [3.8, 4) is 0 Å². The van der Waals surface area contributed by atoms with Gasteiger partial charge in [-0.3, -0.25) is 0 Å². The monoisotopic (exact) mass is 329 g/mol. The molecule has 4 heteroatoms. The van der Waals surface area contributed by atoms with Crippen LogP contribution >= 0.6 is 0 Å². The Bertz CT molecular complexity index is 549. The molecule has 4 nitrogen and oxygen atoms in total. The van der Waals surface area contributed by atoms with E-state index in [-0.39, 0.29) is 0 Å². The fourth-order valence-corrected chi connectivity index (χ4v) is 3.75. The van der Waals surface area contributed by atoms with Gasteiger partial charge in [-0.15, -0.1) is 0 Å². The maximum absolute atomic E-state index is 5.45. The van der Waals surface area contributed by atoms with Crippen molar-refractivity contribution in [2.45, 2.75) is 52.7 Å². The molecule has 132 valence electrons. The van der Waals surface area contributed by atoms with E-state index >= 15 is 0 Å². The largest absolute Gasteiger partial charge is 0.377 e. The summed E-state index contributed by atoms with van der Waals surface area (Å²) in [6.45, 7) is 9.63. The molecule has 1 N–H and O–H groups in total. The Kier molecular flexibility index (Phi) is 5.77. The van der Waals surface area contributed by atoms with Crippen LogP contribution in [0.25, 0.3) is 0 Å². The first-order valence-electron chi connectivity index (χ1n) is 9.43. The number of nitrogens with one attached hydrogen (secondary N) is 1. The molecule has 1 saturated heterocycles. The molecule has 1 spiro atoms. The number of hydrogen-bond acceptors (Lipinski definition) is 2. The number of aliphatic imine (C=N–C) groups is 1. The van der Waals surface area contributed by atoms with Crippen LogP contribution < -0.4 is 5.32 Å². The summed E-state index contributed by atoms with van der Waals surface area (Å²) in [4.78, 5) is 7.35. The second-order valence-corrected chi connectivity index (χ2v) is 7.15. The zero-order valence-electron chi connectivity index (χ0n) is 15.2. The lowest BCUT2D eigenvalue weighted by Gasteiger charge is -2.38. The van der Waals surface area contributed by atoms with Crippen molar-refractivity contribution in [1.29, 1.82) is 0 Å². The normalized spacial score (nSPS) is 19.6. The second kappa shape index (κ2) is 8.02. The van der Waals surface area contributed by atoms with Crippen LogP contribution in [-0.2, 0) is 17.9 Å². The molecule has 24 heavy (non-hydrogen) atoms. The molecule has 0 bridgehead atoms. The van der Waals surface area contributed by atoms with Gasteiger partial charge in [0.15, 0.2) is 5.96 Å². The number of benzene rings is 1. The summed E-state index contributed by atoms with van der Waals surface area (Å²) in [7, 11) is 0. The Morgan fingerprint density at radius 2 is 1.92 bits per heavy atom. The highest BCUT2D eigenvalue weighted by Gasteiger charge is 2.43. The van der Waals surface area contributed by atoms with Gasteiger partial charge in [0.2, 0.25) is 0 Å². The highest BCUT2D eigenvalue weighted by molar-refractivity contribution is 5.80. The van der Waals surface area contributed by atoms with Gasteiger partial charge < -0.3 is 15.0 Å². The summed E-state index contributed by atoms with van der Waals surface area (Å²) in [5.74, 6) is 1.08. The van der Waals surface area contributed by atoms with E-state index in [1.807, 2.05) is 6.92 Å². The summed E-state index contributed by atoms with van der Waals surface area (Å²) in [5, 5.41) is 3.48. The van der Waals surface area contributed by atoms with E-state index in [2.05, 4.69) is 41.4 Å². The molecular formula is C20H31N3O. The topological polar surface area (TPSA) is 36.9 Å². The van der Waals surface area contributed by atoms with Gasteiger partial charge in [0, 0.05) is 26.2 Å². The Morgan fingerprint density at radius 1 is 1.17 bits per heavy atom. The number of rotatable bonds is 6. The van der Waals surface area contributed by atoms with Gasteiger partial charge in [-0.2, -0.15) is 0 Å². The number of hydrogen-bond donors (Lipinski definition) is 1. The maximum Gasteiger partial charge on any atom is 0.194 e. The zero-order valence-corrected chi connectivity index (χ0v) is 15.2. The number of ether oxygens (including phenoxy) is 1. The summed E-state index contributed by atoms with van der Waals surface area (Å²) >= 11 is 0. The van der Waals surface area contributed by atoms with Gasteiger partial charge in [-0.05, 0) is 49.7 Å². The number of nitrogens with zero attached hydrogens (tertiary/aromatic N) is 2. The standard InChI is InChI=1S/C20H31N3O/c1-3-21-19(23-13-12-20(16-23)10-5-11-20)22-14-17-6-8-18(9-7-17)15-24-4-2/h6-9H,3-5,10-16H2,1-2H3,(H,21,22). The molecule has 1 aliphatic heterocycles. The summed E-state index contributed by atoms with van der Waals surface area (Å²) in [6, 6.07) is 8.62. The summed E-state index contributed by atoms with van der Waals surface area (Å²) in [5.41, 5.74) is 3.09. The lowest BCUT2D eigenvalue weighted by Crippen LogP contribution is -2.42. The highest BCUT2D eigenvalue weighted by Crippen LogP contribution is 2.47. The minimum atomic E-state index is 0.608. The van der Waals surface area contributed by atoms with Crippen LogP contribution in [0.2, 0.25) is 0 Å². The lowest BCUT2D eigenvalue weighted by atomic mass is 9.68. The molecule has 2 fully saturated rings. The van der Waals surface area contributed by atoms with Crippen molar-refractivity contribution in [1.82, 2.24) is 10.2 Å². The molecule has 3 rings (SSSR count). The van der Waals surface area contributed by atoms with E-state index in [0.29, 0.717) is 12.0 Å². The maximum atomic E-state index is 5.45. The predicted octanol–water partition coefficient (Wildman–Crippen LogP) is 3.56. The molecule has 1 saturated carbocycles. The predicted molar refractivity (Wildman–Crippen MR) is 99.1 cm³/mol. The van der Waals surface area contributed by atoms with E-state index in [9.17, 15) is 0 Å². The average Bonchev–Trinajstić information content (AvgIpc) is 3.03. The molecule has 1 aliphatic carbocycles. The Morgan fingerprint density at radius 3 is 2.50 bits per heavy atom. The molecule has 0 aromatic heterocycles. The Hall–Kier alpha value is -1.55.